The number of piperidine rings is 1. The van der Waals surface area contributed by atoms with Crippen LogP contribution in [-0.4, -0.2) is 52.2 Å². The van der Waals surface area contributed by atoms with Gasteiger partial charge >= 0.3 is 0 Å². The van der Waals surface area contributed by atoms with Gasteiger partial charge in [0, 0.05) is 54.4 Å². The first-order chi connectivity index (χ1) is 7.65. The molecule has 0 aromatic carbocycles. The number of hydrogen-bond donors (Lipinski definition) is 1. The summed E-state index contributed by atoms with van der Waals surface area (Å²) in [5.74, 6) is 1.92. The molecule has 16 heavy (non-hydrogen) atoms. The van der Waals surface area contributed by atoms with Crippen molar-refractivity contribution in [2.75, 3.05) is 25.1 Å². The second kappa shape index (κ2) is 5.27. The Morgan fingerprint density at radius 2 is 1.94 bits per heavy atom. The molecule has 1 amide bonds. The first-order valence-electron chi connectivity index (χ1n) is 6.00. The molecule has 92 valence electrons. The van der Waals surface area contributed by atoms with E-state index in [1.807, 2.05) is 11.9 Å². The number of nitrogens with zero attached hydrogens (tertiary/aromatic N) is 1. The lowest BCUT2D eigenvalue weighted by Crippen LogP contribution is -2.51. The smallest absolute Gasteiger partial charge is 0.222 e. The molecule has 4 nitrogen and oxygen atoms in total. The molecule has 0 aromatic heterocycles. The number of carbonyl (C=O) groups is 1. The average Bonchev–Trinajstić information content (AvgIpc) is 2.27. The zero-order valence-electron chi connectivity index (χ0n) is 9.78. The monoisotopic (exact) mass is 244 g/mol. The van der Waals surface area contributed by atoms with Gasteiger partial charge in [0.1, 0.15) is 0 Å². The first kappa shape index (κ1) is 12.0. The summed E-state index contributed by atoms with van der Waals surface area (Å²) in [4.78, 5) is 13.1. The molecule has 2 fully saturated rings. The minimum Gasteiger partial charge on any atom is -0.344 e. The molecule has 0 saturated carbocycles. The summed E-state index contributed by atoms with van der Waals surface area (Å²) in [5.41, 5.74) is 0. The Bertz CT molecular complexity index is 286. The lowest BCUT2D eigenvalue weighted by Gasteiger charge is -2.34. The second-order valence-corrected chi connectivity index (χ2v) is 6.50. The minimum atomic E-state index is -0.585. The van der Waals surface area contributed by atoms with Gasteiger partial charge in [-0.1, -0.05) is 0 Å². The standard InChI is InChI=1S/C11H20N2O2S/c1-13-8-10(2-3-11(13)14)12-9-4-6-16(15)7-5-9/h9-10,12H,2-8H2,1H3. The predicted octanol–water partition coefficient (Wildman–Crippen LogP) is 0.108. The number of amides is 1. The summed E-state index contributed by atoms with van der Waals surface area (Å²) in [7, 11) is 1.28. The molecule has 2 aliphatic heterocycles. The fourth-order valence-corrected chi connectivity index (χ4v) is 3.74. The maximum atomic E-state index is 11.3. The van der Waals surface area contributed by atoms with Gasteiger partial charge in [-0.15, -0.1) is 0 Å². The van der Waals surface area contributed by atoms with E-state index in [2.05, 4.69) is 5.32 Å². The third-order valence-corrected chi connectivity index (χ3v) is 4.87. The molecule has 2 aliphatic rings. The van der Waals surface area contributed by atoms with Crippen molar-refractivity contribution in [3.05, 3.63) is 0 Å². The topological polar surface area (TPSA) is 49.4 Å². The van der Waals surface area contributed by atoms with E-state index in [-0.39, 0.29) is 5.91 Å². The van der Waals surface area contributed by atoms with Crippen LogP contribution in [0.2, 0.25) is 0 Å². The number of hydrogen-bond acceptors (Lipinski definition) is 3. The highest BCUT2D eigenvalue weighted by atomic mass is 32.2. The van der Waals surface area contributed by atoms with Crippen molar-refractivity contribution in [3.63, 3.8) is 0 Å². The van der Waals surface area contributed by atoms with Crippen molar-refractivity contribution in [1.82, 2.24) is 10.2 Å². The van der Waals surface area contributed by atoms with E-state index in [1.165, 1.54) is 0 Å². The Morgan fingerprint density at radius 1 is 1.25 bits per heavy atom. The van der Waals surface area contributed by atoms with Crippen LogP contribution >= 0.6 is 0 Å². The fraction of sp³-hybridized carbons (Fsp3) is 0.909. The molecule has 1 unspecified atom stereocenters. The number of carbonyl (C=O) groups excluding carboxylic acids is 1. The summed E-state index contributed by atoms with van der Waals surface area (Å²) >= 11 is 0. The van der Waals surface area contributed by atoms with Crippen LogP contribution in [0.3, 0.4) is 0 Å². The van der Waals surface area contributed by atoms with Gasteiger partial charge in [0.15, 0.2) is 0 Å². The molecular formula is C11H20N2O2S. The summed E-state index contributed by atoms with van der Waals surface area (Å²) in [6.45, 7) is 0.818. The minimum absolute atomic E-state index is 0.253. The van der Waals surface area contributed by atoms with Gasteiger partial charge in [-0.3, -0.25) is 9.00 Å². The van der Waals surface area contributed by atoms with E-state index in [0.29, 0.717) is 18.5 Å². The fourth-order valence-electron chi connectivity index (χ4n) is 2.44. The summed E-state index contributed by atoms with van der Waals surface area (Å²) in [5, 5.41) is 3.60. The van der Waals surface area contributed by atoms with E-state index in [4.69, 9.17) is 0 Å². The normalized spacial score (nSPS) is 36.4. The molecule has 0 bridgehead atoms. The van der Waals surface area contributed by atoms with Gasteiger partial charge in [-0.2, -0.15) is 0 Å². The average molecular weight is 244 g/mol. The highest BCUT2D eigenvalue weighted by molar-refractivity contribution is 7.85. The molecule has 0 aliphatic carbocycles. The Hall–Kier alpha value is -0.420. The molecule has 0 aromatic rings. The van der Waals surface area contributed by atoms with Gasteiger partial charge in [-0.25, -0.2) is 0 Å². The van der Waals surface area contributed by atoms with Crippen molar-refractivity contribution in [3.8, 4) is 0 Å². The molecule has 1 atom stereocenters. The Balaban J connectivity index is 1.77. The third-order valence-electron chi connectivity index (χ3n) is 3.49. The summed E-state index contributed by atoms with van der Waals surface area (Å²) in [6.07, 6.45) is 3.64. The van der Waals surface area contributed by atoms with Gasteiger partial charge in [0.05, 0.1) is 0 Å². The lowest BCUT2D eigenvalue weighted by molar-refractivity contribution is -0.132. The van der Waals surface area contributed by atoms with Crippen molar-refractivity contribution >= 4 is 16.7 Å². The largest absolute Gasteiger partial charge is 0.344 e. The number of rotatable bonds is 2. The first-order valence-corrected chi connectivity index (χ1v) is 7.49. The van der Waals surface area contributed by atoms with Crippen LogP contribution in [0, 0.1) is 0 Å². The van der Waals surface area contributed by atoms with Crippen molar-refractivity contribution in [2.24, 2.45) is 0 Å². The van der Waals surface area contributed by atoms with Crippen molar-refractivity contribution < 1.29 is 9.00 Å². The molecular weight excluding hydrogens is 224 g/mol. The van der Waals surface area contributed by atoms with Gasteiger partial charge in [-0.05, 0) is 19.3 Å². The molecule has 0 radical (unpaired) electrons. The van der Waals surface area contributed by atoms with Gasteiger partial charge in [0.2, 0.25) is 5.91 Å². The highest BCUT2D eigenvalue weighted by Gasteiger charge is 2.26. The molecule has 0 spiro atoms. The second-order valence-electron chi connectivity index (χ2n) is 4.80. The van der Waals surface area contributed by atoms with Crippen LogP contribution in [0.1, 0.15) is 25.7 Å². The molecule has 2 heterocycles. The zero-order valence-corrected chi connectivity index (χ0v) is 10.6. The Labute approximate surface area is 99.2 Å². The van der Waals surface area contributed by atoms with Gasteiger partial charge < -0.3 is 10.2 Å². The molecule has 2 saturated heterocycles. The Morgan fingerprint density at radius 3 is 2.56 bits per heavy atom. The Kier molecular flexibility index (Phi) is 3.97. The van der Waals surface area contributed by atoms with Crippen LogP contribution in [0.25, 0.3) is 0 Å². The van der Waals surface area contributed by atoms with E-state index in [9.17, 15) is 9.00 Å². The zero-order chi connectivity index (χ0) is 11.5. The van der Waals surface area contributed by atoms with E-state index >= 15 is 0 Å². The van der Waals surface area contributed by atoms with E-state index < -0.39 is 10.8 Å². The van der Waals surface area contributed by atoms with Crippen LogP contribution in [-0.2, 0) is 15.6 Å². The summed E-state index contributed by atoms with van der Waals surface area (Å²) in [6, 6.07) is 0.934. The van der Waals surface area contributed by atoms with Crippen LogP contribution in [0.5, 0.6) is 0 Å². The third kappa shape index (κ3) is 3.04. The number of likely N-dealkylation sites (tertiary alicyclic amines) is 1. The van der Waals surface area contributed by atoms with Crippen LogP contribution < -0.4 is 5.32 Å². The van der Waals surface area contributed by atoms with E-state index in [0.717, 1.165) is 37.3 Å². The lowest BCUT2D eigenvalue weighted by atomic mass is 10.0. The quantitative estimate of drug-likeness (QED) is 0.750. The predicted molar refractivity (Wildman–Crippen MR) is 64.7 cm³/mol. The summed E-state index contributed by atoms with van der Waals surface area (Å²) < 4.78 is 11.2. The maximum absolute atomic E-state index is 11.3. The van der Waals surface area contributed by atoms with Crippen molar-refractivity contribution in [1.29, 1.82) is 0 Å². The van der Waals surface area contributed by atoms with E-state index in [1.54, 1.807) is 0 Å². The maximum Gasteiger partial charge on any atom is 0.222 e. The molecule has 1 N–H and O–H groups in total. The number of nitrogens with one attached hydrogen (secondary N) is 1. The molecule has 5 heteroatoms. The van der Waals surface area contributed by atoms with Crippen LogP contribution in [0.4, 0.5) is 0 Å². The highest BCUT2D eigenvalue weighted by Crippen LogP contribution is 2.14. The van der Waals surface area contributed by atoms with Crippen molar-refractivity contribution in [2.45, 2.75) is 37.8 Å². The number of likely N-dealkylation sites (N-methyl/N-ethyl adjacent to an activating group) is 1. The SMILES string of the molecule is CN1CC(NC2CCS(=O)CC2)CCC1=O. The molecule has 2 rings (SSSR count). The van der Waals surface area contributed by atoms with Crippen LogP contribution in [0.15, 0.2) is 0 Å². The van der Waals surface area contributed by atoms with Gasteiger partial charge in [0.25, 0.3) is 0 Å².